The van der Waals surface area contributed by atoms with Crippen LogP contribution in [-0.4, -0.2) is 29.8 Å². The summed E-state index contributed by atoms with van der Waals surface area (Å²) in [4.78, 5) is 37.4. The van der Waals surface area contributed by atoms with Crippen molar-refractivity contribution in [2.75, 3.05) is 18.0 Å². The molecule has 0 spiro atoms. The third kappa shape index (κ3) is 3.84. The summed E-state index contributed by atoms with van der Waals surface area (Å²) >= 11 is 5.97. The molecule has 1 N–H and O–H groups in total. The van der Waals surface area contributed by atoms with Gasteiger partial charge in [-0.3, -0.25) is 19.7 Å². The fraction of sp³-hybridized carbons (Fsp3) is 0.300. The fourth-order valence-electron chi connectivity index (χ4n) is 3.56. The van der Waals surface area contributed by atoms with Gasteiger partial charge in [0.05, 0.1) is 16.5 Å². The van der Waals surface area contributed by atoms with Gasteiger partial charge >= 0.3 is 0 Å². The molecule has 0 bridgehead atoms. The number of nitro groups is 1. The van der Waals surface area contributed by atoms with Gasteiger partial charge < -0.3 is 10.2 Å². The normalized spacial score (nSPS) is 13.0. The molecule has 2 aromatic rings. The first-order valence-electron chi connectivity index (χ1n) is 8.91. The lowest BCUT2D eigenvalue weighted by molar-refractivity contribution is -0.385. The molecule has 1 heterocycles. The molecule has 0 fully saturated rings. The van der Waals surface area contributed by atoms with E-state index in [1.165, 1.54) is 18.2 Å². The minimum atomic E-state index is -0.747. The minimum absolute atomic E-state index is 0.0336. The molecule has 0 radical (unpaired) electrons. The van der Waals surface area contributed by atoms with Gasteiger partial charge in [-0.25, -0.2) is 0 Å². The Kier molecular flexibility index (Phi) is 5.65. The van der Waals surface area contributed by atoms with Gasteiger partial charge in [0.1, 0.15) is 5.56 Å². The molecule has 0 aliphatic carbocycles. The number of benzene rings is 2. The Morgan fingerprint density at radius 2 is 2.04 bits per heavy atom. The summed E-state index contributed by atoms with van der Waals surface area (Å²) in [6.07, 6.45) is 1.75. The van der Waals surface area contributed by atoms with Gasteiger partial charge in [0.15, 0.2) is 0 Å². The van der Waals surface area contributed by atoms with Crippen LogP contribution in [0.25, 0.3) is 0 Å². The second kappa shape index (κ2) is 7.98. The maximum Gasteiger partial charge on any atom is 0.283 e. The van der Waals surface area contributed by atoms with Crippen molar-refractivity contribution >= 4 is 34.8 Å². The molecule has 0 saturated carbocycles. The summed E-state index contributed by atoms with van der Waals surface area (Å²) in [5, 5.41) is 13.6. The Bertz CT molecular complexity index is 974. The molecule has 8 heteroatoms. The van der Waals surface area contributed by atoms with Crippen molar-refractivity contribution in [2.24, 2.45) is 0 Å². The van der Waals surface area contributed by atoms with E-state index in [9.17, 15) is 19.7 Å². The topological polar surface area (TPSA) is 92.6 Å². The van der Waals surface area contributed by atoms with Gasteiger partial charge in [-0.15, -0.1) is 0 Å². The van der Waals surface area contributed by atoms with Gasteiger partial charge in [0.2, 0.25) is 5.91 Å². The zero-order valence-electron chi connectivity index (χ0n) is 15.6. The van der Waals surface area contributed by atoms with Crippen LogP contribution in [0.4, 0.5) is 11.4 Å². The van der Waals surface area contributed by atoms with Gasteiger partial charge in [0, 0.05) is 18.3 Å². The summed E-state index contributed by atoms with van der Waals surface area (Å²) in [5.74, 6) is -1.02. The lowest BCUT2D eigenvalue weighted by Gasteiger charge is -2.31. The van der Waals surface area contributed by atoms with Gasteiger partial charge in [-0.2, -0.15) is 0 Å². The molecule has 7 nitrogen and oxygen atoms in total. The lowest BCUT2D eigenvalue weighted by Crippen LogP contribution is -2.43. The maximum atomic E-state index is 12.8. The number of nitrogens with one attached hydrogen (secondary N) is 1. The van der Waals surface area contributed by atoms with Gasteiger partial charge in [-0.05, 0) is 55.5 Å². The molecule has 3 rings (SSSR count). The van der Waals surface area contributed by atoms with Crippen LogP contribution >= 0.6 is 11.6 Å². The first-order chi connectivity index (χ1) is 13.3. The Morgan fingerprint density at radius 1 is 1.29 bits per heavy atom. The van der Waals surface area contributed by atoms with Crippen LogP contribution in [0.15, 0.2) is 30.3 Å². The Morgan fingerprint density at radius 3 is 2.75 bits per heavy atom. The van der Waals surface area contributed by atoms with E-state index in [2.05, 4.69) is 11.4 Å². The largest absolute Gasteiger partial charge is 0.343 e. The lowest BCUT2D eigenvalue weighted by atomic mass is 9.95. The number of hydrogen-bond acceptors (Lipinski definition) is 4. The average molecular weight is 402 g/mol. The van der Waals surface area contributed by atoms with E-state index in [-0.39, 0.29) is 23.0 Å². The molecular weight excluding hydrogens is 382 g/mol. The highest BCUT2D eigenvalue weighted by atomic mass is 35.5. The van der Waals surface area contributed by atoms with E-state index in [4.69, 9.17) is 11.6 Å². The van der Waals surface area contributed by atoms with Crippen LogP contribution in [-0.2, 0) is 11.2 Å². The van der Waals surface area contributed by atoms with E-state index >= 15 is 0 Å². The molecule has 1 aliphatic heterocycles. The van der Waals surface area contributed by atoms with E-state index in [1.807, 2.05) is 19.9 Å². The van der Waals surface area contributed by atoms with Crippen LogP contribution < -0.4 is 10.2 Å². The van der Waals surface area contributed by atoms with Gasteiger partial charge in [-0.1, -0.05) is 23.7 Å². The Hall–Kier alpha value is -2.93. The predicted molar refractivity (Wildman–Crippen MR) is 107 cm³/mol. The van der Waals surface area contributed by atoms with Crippen molar-refractivity contribution in [3.05, 3.63) is 67.7 Å². The Labute approximate surface area is 167 Å². The number of nitrogens with zero attached hydrogens (tertiary/aromatic N) is 2. The second-order valence-corrected chi connectivity index (χ2v) is 7.21. The van der Waals surface area contributed by atoms with Crippen LogP contribution in [0.2, 0.25) is 5.02 Å². The molecule has 1 aliphatic rings. The van der Waals surface area contributed by atoms with Crippen molar-refractivity contribution in [3.63, 3.8) is 0 Å². The zero-order valence-corrected chi connectivity index (χ0v) is 16.4. The summed E-state index contributed by atoms with van der Waals surface area (Å²) in [5.41, 5.74) is 3.57. The maximum absolute atomic E-state index is 12.8. The highest BCUT2D eigenvalue weighted by Gasteiger charge is 2.27. The molecule has 0 saturated heterocycles. The van der Waals surface area contributed by atoms with E-state index in [0.29, 0.717) is 6.54 Å². The quantitative estimate of drug-likeness (QED) is 0.626. The number of fused-ring (bicyclic) bond motifs is 1. The Balaban J connectivity index is 1.78. The molecule has 2 amide bonds. The average Bonchev–Trinajstić information content (AvgIpc) is 2.65. The number of rotatable bonds is 4. The van der Waals surface area contributed by atoms with Crippen molar-refractivity contribution in [3.8, 4) is 0 Å². The van der Waals surface area contributed by atoms with Crippen LogP contribution in [0, 0.1) is 24.0 Å². The van der Waals surface area contributed by atoms with E-state index < -0.39 is 16.5 Å². The highest BCUT2D eigenvalue weighted by molar-refractivity contribution is 6.34. The van der Waals surface area contributed by atoms with Crippen molar-refractivity contribution < 1.29 is 14.5 Å². The van der Waals surface area contributed by atoms with Crippen LogP contribution in [0.3, 0.4) is 0 Å². The van der Waals surface area contributed by atoms with Crippen molar-refractivity contribution in [2.45, 2.75) is 26.7 Å². The van der Waals surface area contributed by atoms with Gasteiger partial charge in [0.25, 0.3) is 11.6 Å². The predicted octanol–water partition coefficient (Wildman–Crippen LogP) is 3.57. The first-order valence-corrected chi connectivity index (χ1v) is 9.29. The molecule has 2 aromatic carbocycles. The summed E-state index contributed by atoms with van der Waals surface area (Å²) in [6, 6.07) is 8.07. The molecule has 0 aromatic heterocycles. The van der Waals surface area contributed by atoms with Crippen molar-refractivity contribution in [1.82, 2.24) is 5.32 Å². The van der Waals surface area contributed by atoms with E-state index in [0.717, 1.165) is 35.2 Å². The number of amides is 2. The standard InChI is InChI=1S/C20H20ClN3O4/c1-12-9-13(2)14-5-4-8-23(17(14)10-12)18(25)11-22-20(26)19-15(21)6-3-7-16(19)24(27)28/h3,6-7,9-10H,4-5,8,11H2,1-2H3,(H,22,26). The summed E-state index contributed by atoms with van der Waals surface area (Å²) in [7, 11) is 0. The zero-order chi connectivity index (χ0) is 20.4. The molecule has 0 atom stereocenters. The molecule has 146 valence electrons. The van der Waals surface area contributed by atoms with E-state index in [1.54, 1.807) is 4.90 Å². The molecule has 0 unspecified atom stereocenters. The third-order valence-corrected chi connectivity index (χ3v) is 5.12. The number of aryl methyl sites for hydroxylation is 2. The number of carbonyl (C=O) groups is 2. The highest BCUT2D eigenvalue weighted by Crippen LogP contribution is 2.31. The number of nitro benzene ring substituents is 1. The minimum Gasteiger partial charge on any atom is -0.343 e. The SMILES string of the molecule is Cc1cc(C)c2c(c1)N(C(=O)CNC(=O)c1c(Cl)cccc1[N+](=O)[O-])CCC2. The van der Waals surface area contributed by atoms with Crippen LogP contribution in [0.1, 0.15) is 33.5 Å². The molecular formula is C20H20ClN3O4. The summed E-state index contributed by atoms with van der Waals surface area (Å²) < 4.78 is 0. The van der Waals surface area contributed by atoms with Crippen molar-refractivity contribution in [1.29, 1.82) is 0 Å². The second-order valence-electron chi connectivity index (χ2n) is 6.80. The third-order valence-electron chi connectivity index (χ3n) is 4.81. The number of halogens is 1. The monoisotopic (exact) mass is 401 g/mol. The summed E-state index contributed by atoms with van der Waals surface area (Å²) in [6.45, 7) is 4.30. The fourth-order valence-corrected chi connectivity index (χ4v) is 3.82. The van der Waals surface area contributed by atoms with Crippen LogP contribution in [0.5, 0.6) is 0 Å². The number of anilines is 1. The number of carbonyl (C=O) groups excluding carboxylic acids is 2. The smallest absolute Gasteiger partial charge is 0.283 e. The molecule has 28 heavy (non-hydrogen) atoms. The number of hydrogen-bond donors (Lipinski definition) is 1. The first kappa shape index (κ1) is 19.8.